The predicted octanol–water partition coefficient (Wildman–Crippen LogP) is 4.34. The summed E-state index contributed by atoms with van der Waals surface area (Å²) in [5, 5.41) is 20.3. The van der Waals surface area contributed by atoms with Gasteiger partial charge in [-0.2, -0.15) is 0 Å². The highest BCUT2D eigenvalue weighted by molar-refractivity contribution is 5.84. The van der Waals surface area contributed by atoms with Crippen molar-refractivity contribution in [2.45, 2.75) is 110 Å². The van der Waals surface area contributed by atoms with Crippen LogP contribution in [0.5, 0.6) is 0 Å². The molecular formula is C23H40O5. The number of unbranched alkanes of at least 4 members (excludes halogenated alkanes) is 5. The van der Waals surface area contributed by atoms with Crippen molar-refractivity contribution in [3.8, 4) is 0 Å². The van der Waals surface area contributed by atoms with Gasteiger partial charge in [-0.15, -0.1) is 0 Å². The van der Waals surface area contributed by atoms with Crippen LogP contribution in [-0.2, 0) is 14.3 Å². The van der Waals surface area contributed by atoms with Crippen LogP contribution in [0.25, 0.3) is 0 Å². The summed E-state index contributed by atoms with van der Waals surface area (Å²) in [6.07, 6.45) is 11.4. The monoisotopic (exact) mass is 396 g/mol. The fourth-order valence-corrected chi connectivity index (χ4v) is 3.86. The van der Waals surface area contributed by atoms with E-state index in [1.165, 1.54) is 0 Å². The molecule has 28 heavy (non-hydrogen) atoms. The van der Waals surface area contributed by atoms with Gasteiger partial charge in [-0.3, -0.25) is 9.59 Å². The molecule has 0 heterocycles. The van der Waals surface area contributed by atoms with Gasteiger partial charge in [0.25, 0.3) is 0 Å². The van der Waals surface area contributed by atoms with Crippen molar-refractivity contribution >= 4 is 11.8 Å². The van der Waals surface area contributed by atoms with E-state index >= 15 is 0 Å². The normalized spacial score (nSPS) is 23.6. The molecule has 0 bridgehead atoms. The molecule has 5 nitrogen and oxygen atoms in total. The van der Waals surface area contributed by atoms with Crippen molar-refractivity contribution in [3.63, 3.8) is 0 Å². The number of rotatable bonds is 14. The third-order valence-electron chi connectivity index (χ3n) is 5.40. The van der Waals surface area contributed by atoms with Crippen molar-refractivity contribution in [2.75, 3.05) is 0 Å². The Kier molecular flexibility index (Phi) is 12.3. The highest BCUT2D eigenvalue weighted by Crippen LogP contribution is 2.34. The molecule has 0 aromatic carbocycles. The average Bonchev–Trinajstić information content (AvgIpc) is 2.88. The summed E-state index contributed by atoms with van der Waals surface area (Å²) >= 11 is 0. The van der Waals surface area contributed by atoms with E-state index in [1.54, 1.807) is 6.08 Å². The molecule has 0 aliphatic heterocycles. The van der Waals surface area contributed by atoms with Gasteiger partial charge < -0.3 is 14.9 Å². The molecule has 0 unspecified atom stereocenters. The van der Waals surface area contributed by atoms with E-state index in [0.717, 1.165) is 57.8 Å². The minimum absolute atomic E-state index is 0.0672. The second kappa shape index (κ2) is 13.9. The van der Waals surface area contributed by atoms with Gasteiger partial charge in [-0.1, -0.05) is 57.6 Å². The van der Waals surface area contributed by atoms with Crippen LogP contribution in [0.1, 0.15) is 91.4 Å². The maximum atomic E-state index is 12.2. The van der Waals surface area contributed by atoms with Gasteiger partial charge in [0.1, 0.15) is 5.78 Å². The van der Waals surface area contributed by atoms with E-state index < -0.39 is 12.2 Å². The number of aliphatic hydroxyl groups is 2. The van der Waals surface area contributed by atoms with E-state index in [2.05, 4.69) is 6.92 Å². The Bertz CT molecular complexity index is 485. The quantitative estimate of drug-likeness (QED) is 0.259. The summed E-state index contributed by atoms with van der Waals surface area (Å²) in [6, 6.07) is 0. The number of hydrogen-bond donors (Lipinski definition) is 2. The minimum atomic E-state index is -0.637. The zero-order chi connectivity index (χ0) is 20.9. The first kappa shape index (κ1) is 24.8. The fraction of sp³-hybridized carbons (Fsp3) is 0.826. The second-order valence-corrected chi connectivity index (χ2v) is 8.36. The van der Waals surface area contributed by atoms with Crippen LogP contribution in [-0.4, -0.2) is 40.3 Å². The molecule has 0 aromatic rings. The Balaban J connectivity index is 2.33. The standard InChI is InChI=1S/C23H40O5/c1-4-5-8-11-18(24)14-15-20-19(21(25)16-22(20)26)12-9-6-7-10-13-23(27)28-17(2)3/h14-15,17-20,22,24,26H,4-13,16H2,1-3H3/b15-14+/t18-,19+,20+,22+/m0/s1. The Morgan fingerprint density at radius 3 is 2.57 bits per heavy atom. The Morgan fingerprint density at radius 1 is 1.18 bits per heavy atom. The molecule has 1 aliphatic carbocycles. The number of ether oxygens (including phenoxy) is 1. The molecule has 0 spiro atoms. The average molecular weight is 397 g/mol. The maximum Gasteiger partial charge on any atom is 0.306 e. The number of hydrogen-bond acceptors (Lipinski definition) is 5. The van der Waals surface area contributed by atoms with E-state index in [-0.39, 0.29) is 36.1 Å². The largest absolute Gasteiger partial charge is 0.463 e. The van der Waals surface area contributed by atoms with Gasteiger partial charge in [0.05, 0.1) is 18.3 Å². The summed E-state index contributed by atoms with van der Waals surface area (Å²) in [4.78, 5) is 23.7. The lowest BCUT2D eigenvalue weighted by molar-refractivity contribution is -0.147. The summed E-state index contributed by atoms with van der Waals surface area (Å²) in [5.41, 5.74) is 0. The lowest BCUT2D eigenvalue weighted by Gasteiger charge is -2.18. The maximum absolute atomic E-state index is 12.2. The first-order valence-corrected chi connectivity index (χ1v) is 11.1. The number of carbonyl (C=O) groups is 2. The fourth-order valence-electron chi connectivity index (χ4n) is 3.86. The van der Waals surface area contributed by atoms with Crippen molar-refractivity contribution in [3.05, 3.63) is 12.2 Å². The number of ketones is 1. The van der Waals surface area contributed by atoms with Crippen LogP contribution < -0.4 is 0 Å². The predicted molar refractivity (Wildman–Crippen MR) is 111 cm³/mol. The van der Waals surface area contributed by atoms with Crippen molar-refractivity contribution in [2.24, 2.45) is 11.8 Å². The molecule has 0 amide bonds. The molecule has 162 valence electrons. The van der Waals surface area contributed by atoms with Crippen molar-refractivity contribution in [1.82, 2.24) is 0 Å². The molecule has 0 aromatic heterocycles. The van der Waals surface area contributed by atoms with E-state index in [1.807, 2.05) is 19.9 Å². The topological polar surface area (TPSA) is 83.8 Å². The molecule has 5 heteroatoms. The smallest absolute Gasteiger partial charge is 0.306 e. The van der Waals surface area contributed by atoms with Gasteiger partial charge in [-0.05, 0) is 33.1 Å². The molecule has 1 aliphatic rings. The van der Waals surface area contributed by atoms with Gasteiger partial charge in [0.2, 0.25) is 0 Å². The van der Waals surface area contributed by atoms with Crippen molar-refractivity contribution in [1.29, 1.82) is 0 Å². The zero-order valence-electron chi connectivity index (χ0n) is 17.9. The summed E-state index contributed by atoms with van der Waals surface area (Å²) in [6.45, 7) is 5.82. The lowest BCUT2D eigenvalue weighted by Crippen LogP contribution is -2.19. The summed E-state index contributed by atoms with van der Waals surface area (Å²) < 4.78 is 5.12. The third kappa shape index (κ3) is 9.83. The van der Waals surface area contributed by atoms with Gasteiger partial charge in [0.15, 0.2) is 0 Å². The summed E-state index contributed by atoms with van der Waals surface area (Å²) in [7, 11) is 0. The van der Waals surface area contributed by atoms with Crippen LogP contribution in [0.2, 0.25) is 0 Å². The van der Waals surface area contributed by atoms with Crippen molar-refractivity contribution < 1.29 is 24.5 Å². The highest BCUT2D eigenvalue weighted by Gasteiger charge is 2.39. The molecule has 1 rings (SSSR count). The highest BCUT2D eigenvalue weighted by atomic mass is 16.5. The van der Waals surface area contributed by atoms with Gasteiger partial charge in [0, 0.05) is 24.7 Å². The zero-order valence-corrected chi connectivity index (χ0v) is 17.9. The number of aliphatic hydroxyl groups excluding tert-OH is 2. The molecule has 1 fully saturated rings. The number of carbonyl (C=O) groups excluding carboxylic acids is 2. The van der Waals surface area contributed by atoms with Crippen LogP contribution in [0.15, 0.2) is 12.2 Å². The van der Waals surface area contributed by atoms with E-state index in [4.69, 9.17) is 4.74 Å². The Morgan fingerprint density at radius 2 is 1.89 bits per heavy atom. The Labute approximate surface area is 170 Å². The van der Waals surface area contributed by atoms with Crippen LogP contribution in [0, 0.1) is 11.8 Å². The van der Waals surface area contributed by atoms with E-state index in [0.29, 0.717) is 6.42 Å². The third-order valence-corrected chi connectivity index (χ3v) is 5.40. The van der Waals surface area contributed by atoms with Crippen LogP contribution in [0.3, 0.4) is 0 Å². The molecule has 0 saturated heterocycles. The minimum Gasteiger partial charge on any atom is -0.463 e. The SMILES string of the molecule is CCCCC[C@H](O)/C=C/[C@H]1[C@H](O)CC(=O)[C@@H]1CCCCCCC(=O)OC(C)C. The molecule has 4 atom stereocenters. The van der Waals surface area contributed by atoms with Crippen LogP contribution in [0.4, 0.5) is 0 Å². The van der Waals surface area contributed by atoms with E-state index in [9.17, 15) is 19.8 Å². The second-order valence-electron chi connectivity index (χ2n) is 8.36. The lowest BCUT2D eigenvalue weighted by atomic mass is 9.88. The molecule has 1 saturated carbocycles. The number of Topliss-reactive ketones (excluding diaryl/α,β-unsaturated/α-hetero) is 1. The molecule has 0 radical (unpaired) electrons. The molecular weight excluding hydrogens is 356 g/mol. The van der Waals surface area contributed by atoms with Crippen LogP contribution >= 0.6 is 0 Å². The first-order chi connectivity index (χ1) is 13.3. The molecule has 2 N–H and O–H groups in total. The van der Waals surface area contributed by atoms with Gasteiger partial charge >= 0.3 is 5.97 Å². The summed E-state index contributed by atoms with van der Waals surface area (Å²) in [5.74, 6) is -0.357. The number of esters is 1. The Hall–Kier alpha value is -1.20. The van der Waals surface area contributed by atoms with Gasteiger partial charge in [-0.25, -0.2) is 0 Å². The first-order valence-electron chi connectivity index (χ1n) is 11.1.